The van der Waals surface area contributed by atoms with Crippen molar-refractivity contribution >= 4 is 55.5 Å². The fourth-order valence-electron chi connectivity index (χ4n) is 2.27. The van der Waals surface area contributed by atoms with Crippen molar-refractivity contribution in [2.45, 2.75) is 13.0 Å². The fourth-order valence-corrected chi connectivity index (χ4v) is 4.48. The highest BCUT2D eigenvalue weighted by atomic mass is 79.9. The minimum atomic E-state index is 0.459. The third kappa shape index (κ3) is 2.87. The molecule has 0 aliphatic carbocycles. The number of fused-ring (bicyclic) bond motifs is 1. The van der Waals surface area contributed by atoms with E-state index in [9.17, 15) is 0 Å². The number of hydrogen-bond donors (Lipinski definition) is 1. The van der Waals surface area contributed by atoms with Gasteiger partial charge in [-0.05, 0) is 28.1 Å². The molecule has 4 aromatic heterocycles. The van der Waals surface area contributed by atoms with Gasteiger partial charge < -0.3 is 5.73 Å². The molecule has 0 atom stereocenters. The van der Waals surface area contributed by atoms with Crippen molar-refractivity contribution in [3.63, 3.8) is 0 Å². The monoisotopic (exact) mass is 406 g/mol. The van der Waals surface area contributed by atoms with Gasteiger partial charge in [-0.15, -0.1) is 22.7 Å². The molecule has 6 nitrogen and oxygen atoms in total. The van der Waals surface area contributed by atoms with Crippen LogP contribution in [0, 0.1) is 0 Å². The summed E-state index contributed by atoms with van der Waals surface area (Å²) in [5.74, 6) is 0.459. The molecule has 0 radical (unpaired) electrons. The standard InChI is InChI=1S/C14H11BrN6S2/c15-11-2-1-10(23-11)9-6-22-12(20-9)3-4-21-14-8(5-19-21)13(16)17-7-18-14/h1-2,5-7H,3-4H2,(H2,16,17,18). The predicted molar refractivity (Wildman–Crippen MR) is 96.6 cm³/mol. The van der Waals surface area contributed by atoms with Gasteiger partial charge in [-0.2, -0.15) is 5.10 Å². The van der Waals surface area contributed by atoms with Gasteiger partial charge >= 0.3 is 0 Å². The Morgan fingerprint density at radius 2 is 2.17 bits per heavy atom. The van der Waals surface area contributed by atoms with Crippen molar-refractivity contribution in [2.24, 2.45) is 0 Å². The SMILES string of the molecule is Nc1ncnc2c1cnn2CCc1nc(-c2ccc(Br)s2)cs1. The van der Waals surface area contributed by atoms with Crippen molar-refractivity contribution in [1.29, 1.82) is 0 Å². The zero-order valence-electron chi connectivity index (χ0n) is 11.8. The van der Waals surface area contributed by atoms with E-state index in [4.69, 9.17) is 10.7 Å². The number of nitrogens with two attached hydrogens (primary N) is 1. The Labute approximate surface area is 148 Å². The first kappa shape index (κ1) is 14.7. The molecule has 2 N–H and O–H groups in total. The van der Waals surface area contributed by atoms with Crippen LogP contribution in [0.1, 0.15) is 5.01 Å². The van der Waals surface area contributed by atoms with E-state index < -0.39 is 0 Å². The van der Waals surface area contributed by atoms with Gasteiger partial charge in [-0.25, -0.2) is 19.6 Å². The number of hydrogen-bond acceptors (Lipinski definition) is 7. The summed E-state index contributed by atoms with van der Waals surface area (Å²) in [6, 6.07) is 4.12. The lowest BCUT2D eigenvalue weighted by atomic mass is 10.4. The van der Waals surface area contributed by atoms with Crippen LogP contribution in [-0.4, -0.2) is 24.7 Å². The molecule has 4 heterocycles. The molecule has 0 fully saturated rings. The number of thiophene rings is 1. The summed E-state index contributed by atoms with van der Waals surface area (Å²) in [4.78, 5) is 14.1. The van der Waals surface area contributed by atoms with E-state index in [1.54, 1.807) is 28.9 Å². The second-order valence-electron chi connectivity index (χ2n) is 4.84. The molecule has 0 spiro atoms. The maximum atomic E-state index is 5.83. The minimum Gasteiger partial charge on any atom is -0.383 e. The number of aryl methyl sites for hydroxylation is 2. The van der Waals surface area contributed by atoms with Crippen LogP contribution in [0.5, 0.6) is 0 Å². The molecule has 4 aromatic rings. The minimum absolute atomic E-state index is 0.459. The molecule has 4 rings (SSSR count). The number of anilines is 1. The second-order valence-corrected chi connectivity index (χ2v) is 8.25. The summed E-state index contributed by atoms with van der Waals surface area (Å²) < 4.78 is 2.96. The van der Waals surface area contributed by atoms with Gasteiger partial charge in [0.05, 0.1) is 30.9 Å². The first-order chi connectivity index (χ1) is 11.2. The van der Waals surface area contributed by atoms with Crippen LogP contribution in [0.25, 0.3) is 21.6 Å². The molecular formula is C14H11BrN6S2. The van der Waals surface area contributed by atoms with Crippen LogP contribution in [0.2, 0.25) is 0 Å². The van der Waals surface area contributed by atoms with E-state index >= 15 is 0 Å². The molecule has 0 saturated heterocycles. The molecule has 0 saturated carbocycles. The van der Waals surface area contributed by atoms with Gasteiger partial charge in [-0.3, -0.25) is 0 Å². The van der Waals surface area contributed by atoms with E-state index in [1.165, 1.54) is 11.2 Å². The zero-order chi connectivity index (χ0) is 15.8. The van der Waals surface area contributed by atoms with Crippen LogP contribution in [0.4, 0.5) is 5.82 Å². The third-order valence-corrected chi connectivity index (χ3v) is 5.93. The smallest absolute Gasteiger partial charge is 0.163 e. The quantitative estimate of drug-likeness (QED) is 0.559. The molecular weight excluding hydrogens is 396 g/mol. The van der Waals surface area contributed by atoms with Crippen molar-refractivity contribution in [3.05, 3.63) is 38.8 Å². The molecule has 9 heteroatoms. The number of halogens is 1. The maximum absolute atomic E-state index is 5.83. The van der Waals surface area contributed by atoms with E-state index in [0.29, 0.717) is 12.4 Å². The number of thiazole rings is 1. The molecule has 0 aliphatic rings. The van der Waals surface area contributed by atoms with Gasteiger partial charge in [-0.1, -0.05) is 0 Å². The first-order valence-corrected chi connectivity index (χ1v) is 9.32. The van der Waals surface area contributed by atoms with Crippen LogP contribution in [0.15, 0.2) is 33.8 Å². The lowest BCUT2D eigenvalue weighted by Crippen LogP contribution is -2.04. The zero-order valence-corrected chi connectivity index (χ0v) is 15.0. The molecule has 0 amide bonds. The van der Waals surface area contributed by atoms with Gasteiger partial charge in [0.2, 0.25) is 0 Å². The molecule has 0 unspecified atom stereocenters. The number of nitrogens with zero attached hydrogens (tertiary/aromatic N) is 5. The summed E-state index contributed by atoms with van der Waals surface area (Å²) in [5.41, 5.74) is 7.62. The van der Waals surface area contributed by atoms with Gasteiger partial charge in [0.15, 0.2) is 5.65 Å². The largest absolute Gasteiger partial charge is 0.383 e. The Morgan fingerprint density at radius 1 is 1.26 bits per heavy atom. The van der Waals surface area contributed by atoms with E-state index in [0.717, 1.165) is 31.9 Å². The van der Waals surface area contributed by atoms with Gasteiger partial charge in [0, 0.05) is 18.3 Å². The highest BCUT2D eigenvalue weighted by Gasteiger charge is 2.10. The molecule has 0 aromatic carbocycles. The number of aromatic nitrogens is 5. The lowest BCUT2D eigenvalue weighted by Gasteiger charge is -2.01. The number of rotatable bonds is 4. The Balaban J connectivity index is 1.53. The van der Waals surface area contributed by atoms with Crippen molar-refractivity contribution in [1.82, 2.24) is 24.7 Å². The highest BCUT2D eigenvalue weighted by Crippen LogP contribution is 2.32. The average Bonchev–Trinajstić information content (AvgIpc) is 3.24. The van der Waals surface area contributed by atoms with Crippen molar-refractivity contribution < 1.29 is 0 Å². The second kappa shape index (κ2) is 5.99. The molecule has 0 bridgehead atoms. The Morgan fingerprint density at radius 3 is 3.00 bits per heavy atom. The van der Waals surface area contributed by atoms with E-state index in [-0.39, 0.29) is 0 Å². The topological polar surface area (TPSA) is 82.5 Å². The van der Waals surface area contributed by atoms with Crippen LogP contribution < -0.4 is 5.73 Å². The Bertz CT molecular complexity index is 973. The average molecular weight is 407 g/mol. The fraction of sp³-hybridized carbons (Fsp3) is 0.143. The van der Waals surface area contributed by atoms with E-state index in [2.05, 4.69) is 42.4 Å². The third-order valence-electron chi connectivity index (χ3n) is 3.38. The highest BCUT2D eigenvalue weighted by molar-refractivity contribution is 9.11. The maximum Gasteiger partial charge on any atom is 0.163 e. The molecule has 23 heavy (non-hydrogen) atoms. The first-order valence-electron chi connectivity index (χ1n) is 6.83. The van der Waals surface area contributed by atoms with E-state index in [1.807, 2.05) is 10.7 Å². The van der Waals surface area contributed by atoms with Crippen molar-refractivity contribution in [3.8, 4) is 10.6 Å². The number of nitrogen functional groups attached to an aromatic ring is 1. The molecule has 0 aliphatic heterocycles. The Kier molecular flexibility index (Phi) is 3.83. The predicted octanol–water partition coefficient (Wildman–Crippen LogP) is 3.60. The summed E-state index contributed by atoms with van der Waals surface area (Å²) in [6.07, 6.45) is 3.98. The normalized spacial score (nSPS) is 11.3. The summed E-state index contributed by atoms with van der Waals surface area (Å²) in [5, 5.41) is 8.31. The summed E-state index contributed by atoms with van der Waals surface area (Å²) in [7, 11) is 0. The van der Waals surface area contributed by atoms with Crippen LogP contribution in [-0.2, 0) is 13.0 Å². The lowest BCUT2D eigenvalue weighted by molar-refractivity contribution is 0.628. The molecule has 116 valence electrons. The van der Waals surface area contributed by atoms with Crippen molar-refractivity contribution in [2.75, 3.05) is 5.73 Å². The summed E-state index contributed by atoms with van der Waals surface area (Å²) in [6.45, 7) is 0.709. The summed E-state index contributed by atoms with van der Waals surface area (Å²) >= 11 is 6.83. The van der Waals surface area contributed by atoms with Crippen LogP contribution in [0.3, 0.4) is 0 Å². The van der Waals surface area contributed by atoms with Gasteiger partial charge in [0.1, 0.15) is 12.1 Å². The Hall–Kier alpha value is -1.84. The van der Waals surface area contributed by atoms with Crippen LogP contribution >= 0.6 is 38.6 Å². The van der Waals surface area contributed by atoms with Gasteiger partial charge in [0.25, 0.3) is 0 Å².